The van der Waals surface area contributed by atoms with E-state index in [-0.39, 0.29) is 31.4 Å². The van der Waals surface area contributed by atoms with Crippen molar-refractivity contribution in [2.45, 2.75) is 12.6 Å². The van der Waals surface area contributed by atoms with Gasteiger partial charge in [0, 0.05) is 18.3 Å². The summed E-state index contributed by atoms with van der Waals surface area (Å²) in [5.74, 6) is -2.27. The standard InChI is InChI=1S/C19H18F2N2O4/c1-26-14-5-2-12(3-6-14)9-23-17(10-27-11-18(23)24)19(25)22-13-4-7-15(20)16(21)8-13/h2-8,17H,9-11H2,1H3,(H,22,25)/t17-/m0/s1. The summed E-state index contributed by atoms with van der Waals surface area (Å²) < 4.78 is 36.7. The lowest BCUT2D eigenvalue weighted by Gasteiger charge is -2.34. The molecule has 6 nitrogen and oxygen atoms in total. The lowest BCUT2D eigenvalue weighted by molar-refractivity contribution is -0.154. The number of carbonyl (C=O) groups is 2. The summed E-state index contributed by atoms with van der Waals surface area (Å²) in [5.41, 5.74) is 0.915. The van der Waals surface area contributed by atoms with Crippen LogP contribution >= 0.6 is 0 Å². The van der Waals surface area contributed by atoms with Crippen LogP contribution < -0.4 is 10.1 Å². The van der Waals surface area contributed by atoms with Gasteiger partial charge >= 0.3 is 0 Å². The molecule has 0 spiro atoms. The van der Waals surface area contributed by atoms with Crippen molar-refractivity contribution < 1.29 is 27.8 Å². The predicted octanol–water partition coefficient (Wildman–Crippen LogP) is 2.34. The van der Waals surface area contributed by atoms with Gasteiger partial charge in [0.25, 0.3) is 0 Å². The first-order chi connectivity index (χ1) is 13.0. The first-order valence-corrected chi connectivity index (χ1v) is 8.24. The maximum absolute atomic E-state index is 13.3. The van der Waals surface area contributed by atoms with Crippen LogP contribution in [-0.2, 0) is 20.9 Å². The summed E-state index contributed by atoms with van der Waals surface area (Å²) in [6.07, 6.45) is 0. The van der Waals surface area contributed by atoms with E-state index in [1.54, 1.807) is 31.4 Å². The molecular formula is C19H18F2N2O4. The number of morpholine rings is 1. The number of benzene rings is 2. The molecule has 1 saturated heterocycles. The molecule has 0 saturated carbocycles. The van der Waals surface area contributed by atoms with Crippen LogP contribution in [-0.4, -0.2) is 43.1 Å². The van der Waals surface area contributed by atoms with E-state index in [1.165, 1.54) is 11.0 Å². The highest BCUT2D eigenvalue weighted by atomic mass is 19.2. The van der Waals surface area contributed by atoms with E-state index in [2.05, 4.69) is 5.32 Å². The van der Waals surface area contributed by atoms with Gasteiger partial charge in [0.15, 0.2) is 11.6 Å². The molecule has 1 aliphatic heterocycles. The number of ether oxygens (including phenoxy) is 2. The molecule has 3 rings (SSSR count). The van der Waals surface area contributed by atoms with Crippen LogP contribution in [0, 0.1) is 11.6 Å². The van der Waals surface area contributed by atoms with Gasteiger partial charge in [-0.05, 0) is 29.8 Å². The van der Waals surface area contributed by atoms with Gasteiger partial charge in [-0.15, -0.1) is 0 Å². The van der Waals surface area contributed by atoms with Crippen molar-refractivity contribution >= 4 is 17.5 Å². The average Bonchev–Trinajstić information content (AvgIpc) is 2.67. The Balaban J connectivity index is 1.74. The number of halogens is 2. The SMILES string of the molecule is COc1ccc(CN2C(=O)COC[C@H]2C(=O)Nc2ccc(F)c(F)c2)cc1. The molecule has 2 aromatic rings. The molecule has 0 aromatic heterocycles. The third-order valence-corrected chi connectivity index (χ3v) is 4.20. The average molecular weight is 376 g/mol. The molecule has 1 N–H and O–H groups in total. The quantitative estimate of drug-likeness (QED) is 0.870. The first-order valence-electron chi connectivity index (χ1n) is 8.24. The van der Waals surface area contributed by atoms with Gasteiger partial charge in [-0.3, -0.25) is 9.59 Å². The summed E-state index contributed by atoms with van der Waals surface area (Å²) in [5, 5.41) is 2.49. The zero-order valence-corrected chi connectivity index (χ0v) is 14.6. The normalized spacial score (nSPS) is 16.9. The van der Waals surface area contributed by atoms with Crippen LogP contribution in [0.25, 0.3) is 0 Å². The van der Waals surface area contributed by atoms with Crippen molar-refractivity contribution in [1.29, 1.82) is 0 Å². The Hall–Kier alpha value is -3.00. The number of methoxy groups -OCH3 is 1. The Morgan fingerprint density at radius 2 is 1.96 bits per heavy atom. The molecule has 2 amide bonds. The number of nitrogens with one attached hydrogen (secondary N) is 1. The highest BCUT2D eigenvalue weighted by Crippen LogP contribution is 2.19. The molecule has 27 heavy (non-hydrogen) atoms. The van der Waals surface area contributed by atoms with Crippen molar-refractivity contribution in [2.24, 2.45) is 0 Å². The zero-order chi connectivity index (χ0) is 19.4. The highest BCUT2D eigenvalue weighted by molar-refractivity contribution is 5.97. The first kappa shape index (κ1) is 18.8. The van der Waals surface area contributed by atoms with E-state index in [1.807, 2.05) is 0 Å². The van der Waals surface area contributed by atoms with Gasteiger partial charge in [-0.2, -0.15) is 0 Å². The van der Waals surface area contributed by atoms with E-state index in [9.17, 15) is 18.4 Å². The number of hydrogen-bond donors (Lipinski definition) is 1. The van der Waals surface area contributed by atoms with Crippen LogP contribution in [0.4, 0.5) is 14.5 Å². The van der Waals surface area contributed by atoms with Crippen LogP contribution in [0.5, 0.6) is 5.75 Å². The van der Waals surface area contributed by atoms with Crippen LogP contribution in [0.1, 0.15) is 5.56 Å². The molecule has 0 radical (unpaired) electrons. The topological polar surface area (TPSA) is 67.9 Å². The van der Waals surface area contributed by atoms with Gasteiger partial charge in [0.1, 0.15) is 18.4 Å². The molecule has 0 bridgehead atoms. The fourth-order valence-electron chi connectivity index (χ4n) is 2.75. The summed E-state index contributed by atoms with van der Waals surface area (Å²) >= 11 is 0. The Labute approximate surface area is 154 Å². The van der Waals surface area contributed by atoms with Gasteiger partial charge in [0.2, 0.25) is 11.8 Å². The lowest BCUT2D eigenvalue weighted by atomic mass is 10.1. The smallest absolute Gasteiger partial charge is 0.249 e. The minimum atomic E-state index is -1.07. The lowest BCUT2D eigenvalue weighted by Crippen LogP contribution is -2.54. The summed E-state index contributed by atoms with van der Waals surface area (Å²) in [7, 11) is 1.55. The largest absolute Gasteiger partial charge is 0.497 e. The van der Waals surface area contributed by atoms with Crippen molar-refractivity contribution in [3.8, 4) is 5.75 Å². The van der Waals surface area contributed by atoms with Crippen molar-refractivity contribution in [3.05, 3.63) is 59.7 Å². The van der Waals surface area contributed by atoms with Crippen molar-refractivity contribution in [3.63, 3.8) is 0 Å². The third kappa shape index (κ3) is 4.40. The molecule has 1 fully saturated rings. The van der Waals surface area contributed by atoms with Crippen LogP contribution in [0.2, 0.25) is 0 Å². The Morgan fingerprint density at radius 1 is 1.22 bits per heavy atom. The van der Waals surface area contributed by atoms with Crippen LogP contribution in [0.3, 0.4) is 0 Å². The monoisotopic (exact) mass is 376 g/mol. The fraction of sp³-hybridized carbons (Fsp3) is 0.263. The van der Waals surface area contributed by atoms with Gasteiger partial charge in [-0.25, -0.2) is 8.78 Å². The molecule has 1 heterocycles. The molecule has 142 valence electrons. The van der Waals surface area contributed by atoms with Gasteiger partial charge in [0.05, 0.1) is 13.7 Å². The number of amides is 2. The van der Waals surface area contributed by atoms with Crippen molar-refractivity contribution in [1.82, 2.24) is 4.90 Å². The third-order valence-electron chi connectivity index (χ3n) is 4.20. The molecule has 0 aliphatic carbocycles. The van der Waals surface area contributed by atoms with E-state index in [0.717, 1.165) is 17.7 Å². The van der Waals surface area contributed by atoms with E-state index in [0.29, 0.717) is 5.75 Å². The zero-order valence-electron chi connectivity index (χ0n) is 14.6. The van der Waals surface area contributed by atoms with Gasteiger partial charge in [-0.1, -0.05) is 12.1 Å². The Morgan fingerprint density at radius 3 is 2.63 bits per heavy atom. The maximum Gasteiger partial charge on any atom is 0.249 e. The second kappa shape index (κ2) is 8.13. The molecule has 1 aliphatic rings. The minimum absolute atomic E-state index is 0.0113. The maximum atomic E-state index is 13.3. The number of hydrogen-bond acceptors (Lipinski definition) is 4. The number of nitrogens with zero attached hydrogens (tertiary/aromatic N) is 1. The molecule has 2 aromatic carbocycles. The summed E-state index contributed by atoms with van der Waals surface area (Å²) in [6, 6.07) is 9.27. The number of carbonyl (C=O) groups excluding carboxylic acids is 2. The van der Waals surface area contributed by atoms with Gasteiger partial charge < -0.3 is 19.7 Å². The summed E-state index contributed by atoms with van der Waals surface area (Å²) in [6.45, 7) is 0.102. The molecule has 8 heteroatoms. The van der Waals surface area contributed by atoms with Crippen molar-refractivity contribution in [2.75, 3.05) is 25.6 Å². The minimum Gasteiger partial charge on any atom is -0.497 e. The highest BCUT2D eigenvalue weighted by Gasteiger charge is 2.34. The van der Waals surface area contributed by atoms with Crippen LogP contribution in [0.15, 0.2) is 42.5 Å². The number of anilines is 1. The second-order valence-corrected chi connectivity index (χ2v) is 6.02. The summed E-state index contributed by atoms with van der Waals surface area (Å²) in [4.78, 5) is 26.3. The molecule has 1 atom stereocenters. The molecular weight excluding hydrogens is 358 g/mol. The number of rotatable bonds is 5. The predicted molar refractivity (Wildman–Crippen MR) is 93.1 cm³/mol. The van der Waals surface area contributed by atoms with E-state index >= 15 is 0 Å². The Bertz CT molecular complexity index is 842. The molecule has 0 unspecified atom stereocenters. The fourth-order valence-corrected chi connectivity index (χ4v) is 2.75. The van der Waals surface area contributed by atoms with E-state index < -0.39 is 23.6 Å². The van der Waals surface area contributed by atoms with E-state index in [4.69, 9.17) is 9.47 Å². The second-order valence-electron chi connectivity index (χ2n) is 6.02. The Kier molecular flexibility index (Phi) is 5.66.